The highest BCUT2D eigenvalue weighted by Crippen LogP contribution is 2.24. The Labute approximate surface area is 112 Å². The molecule has 4 nitrogen and oxygen atoms in total. The molecule has 0 heterocycles. The van der Waals surface area contributed by atoms with Gasteiger partial charge in [-0.1, -0.05) is 13.0 Å². The molecule has 1 rings (SSSR count). The SMILES string of the molecule is CCOc1cccc(N)c1C(=O)NCC(C)SC. The highest BCUT2D eigenvalue weighted by molar-refractivity contribution is 7.99. The molecule has 1 unspecified atom stereocenters. The lowest BCUT2D eigenvalue weighted by Gasteiger charge is -2.14. The van der Waals surface area contributed by atoms with Crippen LogP contribution < -0.4 is 15.8 Å². The molecule has 0 radical (unpaired) electrons. The Bertz CT molecular complexity index is 410. The van der Waals surface area contributed by atoms with Gasteiger partial charge >= 0.3 is 0 Å². The van der Waals surface area contributed by atoms with Crippen molar-refractivity contribution < 1.29 is 9.53 Å². The Kier molecular flexibility index (Phi) is 5.85. The van der Waals surface area contributed by atoms with Crippen molar-refractivity contribution in [2.24, 2.45) is 0 Å². The summed E-state index contributed by atoms with van der Waals surface area (Å²) in [5, 5.41) is 3.24. The topological polar surface area (TPSA) is 64.3 Å². The van der Waals surface area contributed by atoms with E-state index in [0.717, 1.165) is 0 Å². The Morgan fingerprint density at radius 3 is 2.89 bits per heavy atom. The summed E-state index contributed by atoms with van der Waals surface area (Å²) < 4.78 is 5.43. The maximum absolute atomic E-state index is 12.1. The first kappa shape index (κ1) is 14.7. The monoisotopic (exact) mass is 268 g/mol. The van der Waals surface area contributed by atoms with Gasteiger partial charge in [-0.2, -0.15) is 11.8 Å². The molecule has 1 aromatic carbocycles. The molecular weight excluding hydrogens is 248 g/mol. The molecule has 0 fully saturated rings. The van der Waals surface area contributed by atoms with Crippen LogP contribution >= 0.6 is 11.8 Å². The summed E-state index contributed by atoms with van der Waals surface area (Å²) >= 11 is 1.70. The third-order valence-electron chi connectivity index (χ3n) is 2.54. The van der Waals surface area contributed by atoms with Crippen LogP contribution in [0.5, 0.6) is 5.75 Å². The van der Waals surface area contributed by atoms with Gasteiger partial charge in [0, 0.05) is 17.5 Å². The van der Waals surface area contributed by atoms with E-state index in [0.29, 0.717) is 35.4 Å². The third kappa shape index (κ3) is 3.84. The number of nitrogen functional groups attached to an aromatic ring is 1. The highest BCUT2D eigenvalue weighted by atomic mass is 32.2. The highest BCUT2D eigenvalue weighted by Gasteiger charge is 2.16. The van der Waals surface area contributed by atoms with Crippen LogP contribution in [0.2, 0.25) is 0 Å². The summed E-state index contributed by atoms with van der Waals surface area (Å²) in [5.74, 6) is 0.351. The standard InChI is InChI=1S/C13H20N2O2S/c1-4-17-11-7-5-6-10(14)12(11)13(16)15-8-9(2)18-3/h5-7,9H,4,8,14H2,1-3H3,(H,15,16). The van der Waals surface area contributed by atoms with Crippen molar-refractivity contribution in [2.75, 3.05) is 25.1 Å². The largest absolute Gasteiger partial charge is 0.493 e. The zero-order valence-electron chi connectivity index (χ0n) is 11.0. The molecule has 0 aliphatic heterocycles. The normalized spacial score (nSPS) is 11.9. The van der Waals surface area contributed by atoms with E-state index in [-0.39, 0.29) is 5.91 Å². The molecule has 1 amide bonds. The quantitative estimate of drug-likeness (QED) is 0.776. The number of nitrogens with two attached hydrogens (primary N) is 1. The number of carbonyl (C=O) groups excluding carboxylic acids is 1. The number of ether oxygens (including phenoxy) is 1. The average Bonchev–Trinajstić information content (AvgIpc) is 2.36. The molecule has 0 spiro atoms. The summed E-state index contributed by atoms with van der Waals surface area (Å²) in [5.41, 5.74) is 6.71. The van der Waals surface area contributed by atoms with Crippen molar-refractivity contribution in [1.82, 2.24) is 5.32 Å². The lowest BCUT2D eigenvalue weighted by Crippen LogP contribution is -2.30. The zero-order chi connectivity index (χ0) is 13.5. The molecule has 0 aliphatic rings. The Balaban J connectivity index is 2.83. The average molecular weight is 268 g/mol. The molecule has 0 saturated carbocycles. The van der Waals surface area contributed by atoms with Gasteiger partial charge in [0.05, 0.1) is 6.61 Å². The second kappa shape index (κ2) is 7.16. The Morgan fingerprint density at radius 2 is 2.28 bits per heavy atom. The molecule has 18 heavy (non-hydrogen) atoms. The van der Waals surface area contributed by atoms with Gasteiger partial charge in [0.1, 0.15) is 11.3 Å². The van der Waals surface area contributed by atoms with Crippen LogP contribution in [-0.2, 0) is 0 Å². The third-order valence-corrected chi connectivity index (χ3v) is 3.51. The summed E-state index contributed by atoms with van der Waals surface area (Å²) in [6.07, 6.45) is 2.01. The smallest absolute Gasteiger partial charge is 0.257 e. The zero-order valence-corrected chi connectivity index (χ0v) is 11.8. The van der Waals surface area contributed by atoms with E-state index >= 15 is 0 Å². The van der Waals surface area contributed by atoms with Crippen LogP contribution in [0.25, 0.3) is 0 Å². The van der Waals surface area contributed by atoms with Crippen molar-refractivity contribution in [2.45, 2.75) is 19.1 Å². The predicted molar refractivity (Wildman–Crippen MR) is 77.3 cm³/mol. The maximum atomic E-state index is 12.1. The van der Waals surface area contributed by atoms with Crippen LogP contribution in [0.4, 0.5) is 5.69 Å². The number of hydrogen-bond acceptors (Lipinski definition) is 4. The van der Waals surface area contributed by atoms with Gasteiger partial charge in [-0.15, -0.1) is 0 Å². The summed E-state index contributed by atoms with van der Waals surface area (Å²) in [6, 6.07) is 5.24. The fourth-order valence-corrected chi connectivity index (χ4v) is 1.73. The van der Waals surface area contributed by atoms with Crippen molar-refractivity contribution in [3.8, 4) is 5.75 Å². The lowest BCUT2D eigenvalue weighted by molar-refractivity contribution is 0.0951. The fraction of sp³-hybridized carbons (Fsp3) is 0.462. The Hall–Kier alpha value is -1.36. The van der Waals surface area contributed by atoms with E-state index in [1.807, 2.05) is 13.2 Å². The number of benzene rings is 1. The maximum Gasteiger partial charge on any atom is 0.257 e. The van der Waals surface area contributed by atoms with Gasteiger partial charge in [0.25, 0.3) is 5.91 Å². The van der Waals surface area contributed by atoms with Gasteiger partial charge in [-0.3, -0.25) is 4.79 Å². The minimum atomic E-state index is -0.183. The minimum absolute atomic E-state index is 0.183. The predicted octanol–water partition coefficient (Wildman–Crippen LogP) is 2.15. The van der Waals surface area contributed by atoms with Crippen molar-refractivity contribution in [1.29, 1.82) is 0 Å². The van der Waals surface area contributed by atoms with Crippen LogP contribution in [-0.4, -0.2) is 30.6 Å². The van der Waals surface area contributed by atoms with Gasteiger partial charge in [-0.25, -0.2) is 0 Å². The molecule has 0 aromatic heterocycles. The van der Waals surface area contributed by atoms with E-state index in [4.69, 9.17) is 10.5 Å². The van der Waals surface area contributed by atoms with E-state index in [1.54, 1.807) is 30.0 Å². The number of amides is 1. The van der Waals surface area contributed by atoms with Crippen molar-refractivity contribution in [3.05, 3.63) is 23.8 Å². The number of rotatable bonds is 6. The summed E-state index contributed by atoms with van der Waals surface area (Å²) in [7, 11) is 0. The molecule has 5 heteroatoms. The van der Waals surface area contributed by atoms with Crippen molar-refractivity contribution in [3.63, 3.8) is 0 Å². The molecule has 3 N–H and O–H groups in total. The molecule has 1 aromatic rings. The summed E-state index contributed by atoms with van der Waals surface area (Å²) in [6.45, 7) is 5.05. The molecule has 100 valence electrons. The Morgan fingerprint density at radius 1 is 1.56 bits per heavy atom. The molecule has 0 saturated heterocycles. The number of hydrogen-bond donors (Lipinski definition) is 2. The molecule has 0 bridgehead atoms. The number of anilines is 1. The fourth-order valence-electron chi connectivity index (χ4n) is 1.48. The van der Waals surface area contributed by atoms with E-state index < -0.39 is 0 Å². The van der Waals surface area contributed by atoms with Crippen LogP contribution in [0, 0.1) is 0 Å². The van der Waals surface area contributed by atoms with E-state index in [2.05, 4.69) is 12.2 Å². The first-order valence-corrected chi connectivity index (χ1v) is 7.21. The minimum Gasteiger partial charge on any atom is -0.493 e. The molecular formula is C13H20N2O2S. The van der Waals surface area contributed by atoms with E-state index in [1.165, 1.54) is 0 Å². The lowest BCUT2D eigenvalue weighted by atomic mass is 10.1. The van der Waals surface area contributed by atoms with Crippen molar-refractivity contribution >= 4 is 23.4 Å². The van der Waals surface area contributed by atoms with Crippen LogP contribution in [0.1, 0.15) is 24.2 Å². The number of thioether (sulfide) groups is 1. The number of nitrogens with one attached hydrogen (secondary N) is 1. The van der Waals surface area contributed by atoms with Gasteiger partial charge in [0.2, 0.25) is 0 Å². The van der Waals surface area contributed by atoms with E-state index in [9.17, 15) is 4.79 Å². The van der Waals surface area contributed by atoms with Gasteiger partial charge in [-0.05, 0) is 25.3 Å². The summed E-state index contributed by atoms with van der Waals surface area (Å²) in [4.78, 5) is 12.1. The van der Waals surface area contributed by atoms with Gasteiger partial charge < -0.3 is 15.8 Å². The first-order chi connectivity index (χ1) is 8.60. The van der Waals surface area contributed by atoms with Crippen LogP contribution in [0.15, 0.2) is 18.2 Å². The number of carbonyl (C=O) groups is 1. The molecule has 0 aliphatic carbocycles. The van der Waals surface area contributed by atoms with Crippen LogP contribution in [0.3, 0.4) is 0 Å². The van der Waals surface area contributed by atoms with Gasteiger partial charge in [0.15, 0.2) is 0 Å². The second-order valence-corrected chi connectivity index (χ2v) is 5.19. The molecule has 1 atom stereocenters. The second-order valence-electron chi connectivity index (χ2n) is 3.91. The first-order valence-electron chi connectivity index (χ1n) is 5.92.